The first-order valence-corrected chi connectivity index (χ1v) is 13.1. The van der Waals surface area contributed by atoms with Gasteiger partial charge < -0.3 is 9.72 Å². The van der Waals surface area contributed by atoms with Gasteiger partial charge in [-0.15, -0.1) is 0 Å². The van der Waals surface area contributed by atoms with Crippen molar-refractivity contribution in [3.63, 3.8) is 0 Å². The molecule has 7 nitrogen and oxygen atoms in total. The van der Waals surface area contributed by atoms with Crippen LogP contribution in [0.4, 0.5) is 0 Å². The highest BCUT2D eigenvalue weighted by atomic mass is 35.5. The summed E-state index contributed by atoms with van der Waals surface area (Å²) >= 11 is 8.08. The maximum atomic E-state index is 6.58. The molecular formula is C27H27ClN6OS. The Balaban J connectivity index is 1.43. The van der Waals surface area contributed by atoms with Gasteiger partial charge in [0.1, 0.15) is 17.9 Å². The molecule has 0 atom stereocenters. The molecule has 36 heavy (non-hydrogen) atoms. The second kappa shape index (κ2) is 10.7. The van der Waals surface area contributed by atoms with Crippen molar-refractivity contribution in [3.05, 3.63) is 77.1 Å². The molecular weight excluding hydrogens is 492 g/mol. The molecule has 5 rings (SSSR count). The summed E-state index contributed by atoms with van der Waals surface area (Å²) in [6, 6.07) is 10.1. The van der Waals surface area contributed by atoms with Gasteiger partial charge in [-0.3, -0.25) is 9.67 Å². The van der Waals surface area contributed by atoms with E-state index in [1.165, 1.54) is 11.8 Å². The van der Waals surface area contributed by atoms with Crippen molar-refractivity contribution in [1.82, 2.24) is 29.7 Å². The third kappa shape index (κ3) is 5.10. The number of ether oxygens (including phenoxy) is 1. The number of aromatic amines is 1. The number of aryl methyl sites for hydroxylation is 3. The van der Waals surface area contributed by atoms with Crippen LogP contribution in [-0.2, 0) is 20.1 Å². The summed E-state index contributed by atoms with van der Waals surface area (Å²) in [6.45, 7) is 4.45. The summed E-state index contributed by atoms with van der Waals surface area (Å²) in [5.74, 6) is 0.697. The Labute approximate surface area is 219 Å². The van der Waals surface area contributed by atoms with E-state index in [2.05, 4.69) is 39.1 Å². The Morgan fingerprint density at radius 2 is 2.06 bits per heavy atom. The molecule has 9 heteroatoms. The lowest BCUT2D eigenvalue weighted by molar-refractivity contribution is 0.306. The summed E-state index contributed by atoms with van der Waals surface area (Å²) in [5.41, 5.74) is 5.80. The summed E-state index contributed by atoms with van der Waals surface area (Å²) in [6.07, 6.45) is 10.4. The number of nitrogens with one attached hydrogen (secondary N) is 1. The maximum absolute atomic E-state index is 6.58. The van der Waals surface area contributed by atoms with Crippen LogP contribution in [0.3, 0.4) is 0 Å². The molecule has 0 bridgehead atoms. The molecule has 4 heterocycles. The van der Waals surface area contributed by atoms with E-state index in [9.17, 15) is 0 Å². The molecule has 184 valence electrons. The molecule has 1 N–H and O–H groups in total. The predicted octanol–water partition coefficient (Wildman–Crippen LogP) is 6.79. The fraction of sp³-hybridized carbons (Fsp3) is 0.259. The van der Waals surface area contributed by atoms with Crippen LogP contribution >= 0.6 is 23.4 Å². The minimum atomic E-state index is 0.281. The first kappa shape index (κ1) is 24.3. The molecule has 0 radical (unpaired) electrons. The number of benzene rings is 1. The van der Waals surface area contributed by atoms with Crippen LogP contribution in [0, 0.1) is 6.92 Å². The first-order chi connectivity index (χ1) is 17.5. The molecule has 0 unspecified atom stereocenters. The minimum absolute atomic E-state index is 0.281. The highest BCUT2D eigenvalue weighted by molar-refractivity contribution is 7.99. The number of hydrogen-bond donors (Lipinski definition) is 1. The van der Waals surface area contributed by atoms with E-state index < -0.39 is 0 Å². The molecule has 0 aliphatic rings. The number of para-hydroxylation sites is 1. The Bertz CT molecular complexity index is 1510. The molecule has 0 aliphatic heterocycles. The molecule has 0 aliphatic carbocycles. The molecule has 4 aromatic heterocycles. The SMILES string of the molecule is CCCCc1cnc(Sc2cncc(Cl)c2COc2cccc3c(-c4ccnn4C)cc(C)nc23)[nH]1. The number of fused-ring (bicyclic) bond motifs is 1. The van der Waals surface area contributed by atoms with Gasteiger partial charge in [0.05, 0.1) is 10.7 Å². The minimum Gasteiger partial charge on any atom is -0.487 e. The molecule has 0 saturated carbocycles. The number of nitrogens with zero attached hydrogens (tertiary/aromatic N) is 5. The van der Waals surface area contributed by atoms with Gasteiger partial charge >= 0.3 is 0 Å². The molecule has 1 aromatic carbocycles. The largest absolute Gasteiger partial charge is 0.487 e. The van der Waals surface area contributed by atoms with Gasteiger partial charge in [0, 0.05) is 64.6 Å². The number of aromatic nitrogens is 6. The number of rotatable bonds is 9. The maximum Gasteiger partial charge on any atom is 0.170 e. The predicted molar refractivity (Wildman–Crippen MR) is 144 cm³/mol. The zero-order valence-corrected chi connectivity index (χ0v) is 22.0. The van der Waals surface area contributed by atoms with Crippen LogP contribution in [0.1, 0.15) is 36.7 Å². The number of pyridine rings is 2. The molecule has 5 aromatic rings. The highest BCUT2D eigenvalue weighted by Crippen LogP contribution is 2.35. The average Bonchev–Trinajstić information content (AvgIpc) is 3.50. The van der Waals surface area contributed by atoms with E-state index in [-0.39, 0.29) is 6.61 Å². The van der Waals surface area contributed by atoms with Crippen LogP contribution in [0.15, 0.2) is 65.2 Å². The molecule has 0 amide bonds. The van der Waals surface area contributed by atoms with Gasteiger partial charge in [-0.2, -0.15) is 5.10 Å². The van der Waals surface area contributed by atoms with Crippen LogP contribution in [0.5, 0.6) is 5.75 Å². The summed E-state index contributed by atoms with van der Waals surface area (Å²) in [7, 11) is 1.94. The second-order valence-electron chi connectivity index (χ2n) is 8.61. The van der Waals surface area contributed by atoms with Crippen molar-refractivity contribution in [1.29, 1.82) is 0 Å². The number of hydrogen-bond acceptors (Lipinski definition) is 6. The summed E-state index contributed by atoms with van der Waals surface area (Å²) in [5, 5.41) is 6.71. The van der Waals surface area contributed by atoms with Crippen molar-refractivity contribution in [2.45, 2.75) is 49.8 Å². The van der Waals surface area contributed by atoms with Crippen LogP contribution < -0.4 is 4.74 Å². The van der Waals surface area contributed by atoms with Gasteiger partial charge in [-0.25, -0.2) is 9.97 Å². The second-order valence-corrected chi connectivity index (χ2v) is 10.0. The normalized spacial score (nSPS) is 11.3. The monoisotopic (exact) mass is 518 g/mol. The Morgan fingerprint density at radius 1 is 1.17 bits per heavy atom. The van der Waals surface area contributed by atoms with Crippen molar-refractivity contribution < 1.29 is 4.74 Å². The zero-order valence-electron chi connectivity index (χ0n) is 20.5. The van der Waals surface area contributed by atoms with Crippen molar-refractivity contribution >= 4 is 34.3 Å². The standard InChI is InChI=1S/C27H27ClN6OS/c1-4-5-7-18-13-30-27(33-18)36-25-15-29-14-22(28)21(25)16-35-24-9-6-8-19-20(12-17(2)32-26(19)24)23-10-11-31-34(23)3/h6,8-15H,4-5,7,16H2,1-3H3,(H,30,33). The van der Waals surface area contributed by atoms with Gasteiger partial charge in [-0.1, -0.05) is 37.1 Å². The van der Waals surface area contributed by atoms with Gasteiger partial charge in [0.2, 0.25) is 0 Å². The zero-order chi connectivity index (χ0) is 25.1. The highest BCUT2D eigenvalue weighted by Gasteiger charge is 2.16. The number of halogens is 1. The lowest BCUT2D eigenvalue weighted by Crippen LogP contribution is -2.02. The van der Waals surface area contributed by atoms with E-state index in [0.29, 0.717) is 10.8 Å². The Morgan fingerprint density at radius 3 is 2.86 bits per heavy atom. The van der Waals surface area contributed by atoms with Crippen molar-refractivity contribution in [3.8, 4) is 17.0 Å². The third-order valence-electron chi connectivity index (χ3n) is 5.98. The van der Waals surface area contributed by atoms with Crippen LogP contribution in [0.2, 0.25) is 5.02 Å². The summed E-state index contributed by atoms with van der Waals surface area (Å²) < 4.78 is 8.20. The van der Waals surface area contributed by atoms with E-state index in [0.717, 1.165) is 68.4 Å². The molecule has 0 saturated heterocycles. The lowest BCUT2D eigenvalue weighted by Gasteiger charge is -2.14. The topological polar surface area (TPSA) is 81.5 Å². The fourth-order valence-electron chi connectivity index (χ4n) is 4.13. The van der Waals surface area contributed by atoms with Gasteiger partial charge in [0.15, 0.2) is 5.16 Å². The van der Waals surface area contributed by atoms with Crippen LogP contribution in [-0.4, -0.2) is 29.7 Å². The van der Waals surface area contributed by atoms with Gasteiger partial charge in [0.25, 0.3) is 0 Å². The number of imidazole rings is 1. The smallest absolute Gasteiger partial charge is 0.170 e. The van der Waals surface area contributed by atoms with E-state index in [4.69, 9.17) is 21.3 Å². The van der Waals surface area contributed by atoms with E-state index >= 15 is 0 Å². The van der Waals surface area contributed by atoms with Crippen molar-refractivity contribution in [2.75, 3.05) is 0 Å². The quantitative estimate of drug-likeness (QED) is 0.231. The Hall–Kier alpha value is -3.36. The lowest BCUT2D eigenvalue weighted by atomic mass is 10.0. The third-order valence-corrected chi connectivity index (χ3v) is 7.27. The number of H-pyrrole nitrogens is 1. The first-order valence-electron chi connectivity index (χ1n) is 11.9. The molecule has 0 fully saturated rings. The summed E-state index contributed by atoms with van der Waals surface area (Å²) in [4.78, 5) is 17.9. The fourth-order valence-corrected chi connectivity index (χ4v) is 5.30. The van der Waals surface area contributed by atoms with Crippen LogP contribution in [0.25, 0.3) is 22.2 Å². The average molecular weight is 519 g/mol. The van der Waals surface area contributed by atoms with E-state index in [1.54, 1.807) is 18.6 Å². The molecule has 0 spiro atoms. The number of unbranched alkanes of at least 4 members (excludes halogenated alkanes) is 1. The van der Waals surface area contributed by atoms with Gasteiger partial charge in [-0.05, 0) is 49.7 Å². The Kier molecular flexibility index (Phi) is 7.25. The van der Waals surface area contributed by atoms with E-state index in [1.807, 2.05) is 43.0 Å². The van der Waals surface area contributed by atoms with Crippen molar-refractivity contribution in [2.24, 2.45) is 7.05 Å².